The summed E-state index contributed by atoms with van der Waals surface area (Å²) in [6.07, 6.45) is 5.65. The van der Waals surface area contributed by atoms with Crippen LogP contribution in [0.25, 0.3) is 0 Å². The molecular formula is C22H26BrN3O2. The number of ether oxygens (including phenoxy) is 1. The van der Waals surface area contributed by atoms with Crippen LogP contribution in [-0.4, -0.2) is 27.6 Å². The summed E-state index contributed by atoms with van der Waals surface area (Å²) < 4.78 is 6.63. The van der Waals surface area contributed by atoms with Crippen molar-refractivity contribution in [3.8, 4) is 0 Å². The summed E-state index contributed by atoms with van der Waals surface area (Å²) in [5, 5.41) is 0. The minimum Gasteiger partial charge on any atom is -0.441 e. The highest BCUT2D eigenvalue weighted by Crippen LogP contribution is 2.46. The molecule has 1 saturated carbocycles. The molecule has 1 aromatic heterocycles. The fraction of sp³-hybridized carbons (Fsp3) is 0.455. The van der Waals surface area contributed by atoms with Gasteiger partial charge in [-0.15, -0.1) is 0 Å². The van der Waals surface area contributed by atoms with Crippen molar-refractivity contribution in [2.45, 2.75) is 63.1 Å². The molecule has 1 unspecified atom stereocenters. The highest BCUT2D eigenvalue weighted by atomic mass is 79.9. The summed E-state index contributed by atoms with van der Waals surface area (Å²) in [5.41, 5.74) is 7.62. The number of carbonyl (C=O) groups excluding carboxylic acids is 1. The van der Waals surface area contributed by atoms with Crippen LogP contribution in [0.4, 0.5) is 10.6 Å². The molecule has 1 aromatic carbocycles. The number of nitrogens with zero attached hydrogens (tertiary/aromatic N) is 2. The first-order valence-corrected chi connectivity index (χ1v) is 10.6. The Kier molecular flexibility index (Phi) is 5.08. The number of carbonyl (C=O) groups is 1. The molecule has 1 atom stereocenters. The number of nitrogen functional groups attached to an aromatic ring is 1. The molecule has 1 aliphatic carbocycles. The first kappa shape index (κ1) is 19.2. The molecule has 1 amide bonds. The SMILES string of the molecule is CC1(C)OC(=O)N(C2CCC(c3cnc(N)c(Br)c3)CC2)C1c1ccccc1. The van der Waals surface area contributed by atoms with Crippen LogP contribution in [0, 0.1) is 0 Å². The lowest BCUT2D eigenvalue weighted by Crippen LogP contribution is -2.42. The van der Waals surface area contributed by atoms with Gasteiger partial charge in [0.1, 0.15) is 11.4 Å². The molecule has 2 aliphatic rings. The third-order valence-electron chi connectivity index (χ3n) is 6.07. The van der Waals surface area contributed by atoms with Crippen LogP contribution in [-0.2, 0) is 4.74 Å². The number of benzene rings is 1. The number of hydrogen-bond acceptors (Lipinski definition) is 4. The fourth-order valence-corrected chi connectivity index (χ4v) is 5.07. The van der Waals surface area contributed by atoms with Crippen LogP contribution in [0.2, 0.25) is 0 Å². The van der Waals surface area contributed by atoms with Crippen molar-refractivity contribution in [2.75, 3.05) is 5.73 Å². The third-order valence-corrected chi connectivity index (χ3v) is 6.70. The molecule has 0 spiro atoms. The maximum absolute atomic E-state index is 12.8. The minimum atomic E-state index is -0.541. The van der Waals surface area contributed by atoms with Crippen molar-refractivity contribution in [3.63, 3.8) is 0 Å². The van der Waals surface area contributed by atoms with Gasteiger partial charge in [-0.2, -0.15) is 0 Å². The van der Waals surface area contributed by atoms with Gasteiger partial charge >= 0.3 is 6.09 Å². The van der Waals surface area contributed by atoms with E-state index in [0.29, 0.717) is 11.7 Å². The number of halogens is 1. The van der Waals surface area contributed by atoms with E-state index in [-0.39, 0.29) is 18.2 Å². The van der Waals surface area contributed by atoms with Gasteiger partial charge in [0.25, 0.3) is 0 Å². The molecule has 2 fully saturated rings. The predicted octanol–water partition coefficient (Wildman–Crippen LogP) is 5.42. The van der Waals surface area contributed by atoms with Gasteiger partial charge in [0, 0.05) is 12.2 Å². The molecule has 5 nitrogen and oxygen atoms in total. The summed E-state index contributed by atoms with van der Waals surface area (Å²) in [6.45, 7) is 4.01. The highest BCUT2D eigenvalue weighted by molar-refractivity contribution is 9.10. The van der Waals surface area contributed by atoms with Crippen LogP contribution < -0.4 is 5.73 Å². The molecule has 28 heavy (non-hydrogen) atoms. The molecule has 2 heterocycles. The lowest BCUT2D eigenvalue weighted by atomic mass is 9.80. The van der Waals surface area contributed by atoms with Crippen LogP contribution in [0.1, 0.15) is 62.6 Å². The van der Waals surface area contributed by atoms with Gasteiger partial charge in [0.2, 0.25) is 0 Å². The van der Waals surface area contributed by atoms with Crippen molar-refractivity contribution < 1.29 is 9.53 Å². The average molecular weight is 444 g/mol. The molecule has 2 N–H and O–H groups in total. The normalized spacial score (nSPS) is 26.9. The van der Waals surface area contributed by atoms with Gasteiger partial charge in [-0.3, -0.25) is 4.90 Å². The monoisotopic (exact) mass is 443 g/mol. The molecule has 2 aromatic rings. The third kappa shape index (κ3) is 3.50. The van der Waals surface area contributed by atoms with Crippen LogP contribution in [0.5, 0.6) is 0 Å². The number of anilines is 1. The minimum absolute atomic E-state index is 0.0601. The first-order valence-electron chi connectivity index (χ1n) is 9.84. The smallest absolute Gasteiger partial charge is 0.411 e. The van der Waals surface area contributed by atoms with E-state index in [0.717, 1.165) is 35.7 Å². The molecule has 0 radical (unpaired) electrons. The van der Waals surface area contributed by atoms with E-state index in [1.807, 2.05) is 43.1 Å². The van der Waals surface area contributed by atoms with E-state index < -0.39 is 5.60 Å². The number of amides is 1. The largest absolute Gasteiger partial charge is 0.441 e. The standard InChI is InChI=1S/C22H26BrN3O2/c1-22(2)19(15-6-4-3-5-7-15)26(21(27)28-22)17-10-8-14(9-11-17)16-12-18(23)20(24)25-13-16/h3-7,12-14,17,19H,8-11H2,1-2H3,(H2,24,25). The van der Waals surface area contributed by atoms with Gasteiger partial charge in [0.15, 0.2) is 0 Å². The van der Waals surface area contributed by atoms with E-state index in [1.54, 1.807) is 0 Å². The lowest BCUT2D eigenvalue weighted by molar-refractivity contribution is 0.0664. The second kappa shape index (κ2) is 7.39. The summed E-state index contributed by atoms with van der Waals surface area (Å²) in [7, 11) is 0. The molecule has 148 valence electrons. The van der Waals surface area contributed by atoms with Crippen molar-refractivity contribution in [1.82, 2.24) is 9.88 Å². The van der Waals surface area contributed by atoms with Gasteiger partial charge < -0.3 is 10.5 Å². The van der Waals surface area contributed by atoms with Crippen LogP contribution in [0.15, 0.2) is 47.1 Å². The van der Waals surface area contributed by atoms with E-state index in [9.17, 15) is 4.79 Å². The lowest BCUT2D eigenvalue weighted by Gasteiger charge is -2.38. The summed E-state index contributed by atoms with van der Waals surface area (Å²) in [4.78, 5) is 19.0. The molecule has 1 aliphatic heterocycles. The van der Waals surface area contributed by atoms with Crippen LogP contribution >= 0.6 is 15.9 Å². The predicted molar refractivity (Wildman–Crippen MR) is 113 cm³/mol. The quantitative estimate of drug-likeness (QED) is 0.686. The van der Waals surface area contributed by atoms with Crippen molar-refractivity contribution >= 4 is 27.8 Å². The van der Waals surface area contributed by atoms with E-state index in [4.69, 9.17) is 10.5 Å². The zero-order chi connectivity index (χ0) is 19.9. The molecular weight excluding hydrogens is 418 g/mol. The van der Waals surface area contributed by atoms with Gasteiger partial charge in [-0.25, -0.2) is 9.78 Å². The number of nitrogens with two attached hydrogens (primary N) is 1. The molecule has 6 heteroatoms. The van der Waals surface area contributed by atoms with Gasteiger partial charge in [-0.05, 0) is 78.6 Å². The van der Waals surface area contributed by atoms with Crippen molar-refractivity contribution in [3.05, 3.63) is 58.2 Å². The number of hydrogen-bond donors (Lipinski definition) is 1. The van der Waals surface area contributed by atoms with Gasteiger partial charge in [-0.1, -0.05) is 30.3 Å². The fourth-order valence-electron chi connectivity index (χ4n) is 4.70. The summed E-state index contributed by atoms with van der Waals surface area (Å²) >= 11 is 3.48. The molecule has 0 bridgehead atoms. The number of cyclic esters (lactones) is 1. The Morgan fingerprint density at radius 2 is 1.82 bits per heavy atom. The first-order chi connectivity index (χ1) is 13.4. The van der Waals surface area contributed by atoms with Crippen molar-refractivity contribution in [1.29, 1.82) is 0 Å². The Labute approximate surface area is 174 Å². The average Bonchev–Trinajstić information content (AvgIpc) is 2.93. The number of rotatable bonds is 3. The zero-order valence-electron chi connectivity index (χ0n) is 16.3. The van der Waals surface area contributed by atoms with Gasteiger partial charge in [0.05, 0.1) is 10.5 Å². The molecule has 1 saturated heterocycles. The van der Waals surface area contributed by atoms with E-state index >= 15 is 0 Å². The van der Waals surface area contributed by atoms with E-state index in [1.165, 1.54) is 5.56 Å². The van der Waals surface area contributed by atoms with Crippen LogP contribution in [0.3, 0.4) is 0 Å². The Morgan fingerprint density at radius 3 is 2.46 bits per heavy atom. The maximum atomic E-state index is 12.8. The number of aromatic nitrogens is 1. The topological polar surface area (TPSA) is 68.5 Å². The Balaban J connectivity index is 1.52. The summed E-state index contributed by atoms with van der Waals surface area (Å²) in [5.74, 6) is 0.965. The number of pyridine rings is 1. The Bertz CT molecular complexity index is 863. The maximum Gasteiger partial charge on any atom is 0.411 e. The second-order valence-electron chi connectivity index (χ2n) is 8.33. The Hall–Kier alpha value is -2.08. The summed E-state index contributed by atoms with van der Waals surface area (Å²) in [6, 6.07) is 12.4. The van der Waals surface area contributed by atoms with Crippen molar-refractivity contribution in [2.24, 2.45) is 0 Å². The Morgan fingerprint density at radius 1 is 1.14 bits per heavy atom. The second-order valence-corrected chi connectivity index (χ2v) is 9.19. The highest BCUT2D eigenvalue weighted by Gasteiger charge is 2.51. The molecule has 4 rings (SSSR count). The zero-order valence-corrected chi connectivity index (χ0v) is 17.9. The van der Waals surface area contributed by atoms with E-state index in [2.05, 4.69) is 39.1 Å².